The van der Waals surface area contributed by atoms with E-state index in [4.69, 9.17) is 4.74 Å². The van der Waals surface area contributed by atoms with Gasteiger partial charge in [0.25, 0.3) is 5.91 Å². The van der Waals surface area contributed by atoms with E-state index in [9.17, 15) is 14.4 Å². The molecular weight excluding hydrogens is 260 g/mol. The Morgan fingerprint density at radius 3 is 2.15 bits per heavy atom. The summed E-state index contributed by atoms with van der Waals surface area (Å²) < 4.78 is 5.12. The molecule has 0 saturated heterocycles. The quantitative estimate of drug-likeness (QED) is 0.669. The molecule has 0 bridgehead atoms. The number of ketones is 1. The maximum Gasteiger partial charge on any atom is 0.355 e. The van der Waals surface area contributed by atoms with Crippen molar-refractivity contribution in [3.8, 4) is 0 Å². The van der Waals surface area contributed by atoms with Gasteiger partial charge in [0.15, 0.2) is 11.9 Å². The molecule has 6 nitrogen and oxygen atoms in total. The summed E-state index contributed by atoms with van der Waals surface area (Å²) in [6.07, 6.45) is -0.874. The number of Topliss-reactive ketones (excluding diaryl/α,β-unsaturated/α-hetero) is 1. The third-order valence-electron chi connectivity index (χ3n) is 3.07. The smallest absolute Gasteiger partial charge is 0.355 e. The Balaban J connectivity index is 2.97. The minimum Gasteiger partial charge on any atom is -0.448 e. The summed E-state index contributed by atoms with van der Waals surface area (Å²) in [5.41, 5.74) is 1.87. The lowest BCUT2D eigenvalue weighted by molar-refractivity contribution is -0.137. The monoisotopic (exact) mass is 280 g/mol. The highest BCUT2D eigenvalue weighted by Crippen LogP contribution is 2.19. The molecule has 110 valence electrons. The second-order valence-electron chi connectivity index (χ2n) is 4.96. The van der Waals surface area contributed by atoms with Gasteiger partial charge in [0.05, 0.1) is 0 Å². The number of nitrogens with zero attached hydrogens (tertiary/aromatic N) is 1. The SMILES string of the molecule is CC(=O)c1c(C)[nH]c(C(=O)O[C@H](C)C(=O)N(C)C)c1C. The summed E-state index contributed by atoms with van der Waals surface area (Å²) in [6, 6.07) is 0. The molecule has 0 spiro atoms. The van der Waals surface area contributed by atoms with Gasteiger partial charge in [-0.15, -0.1) is 0 Å². The molecule has 6 heteroatoms. The standard InChI is InChI=1S/C14H20N2O4/c1-7-11(9(3)17)8(2)15-12(7)14(19)20-10(4)13(18)16(5)6/h10,15H,1-6H3/t10-/m1/s1. The topological polar surface area (TPSA) is 79.5 Å². The largest absolute Gasteiger partial charge is 0.448 e. The molecule has 0 aliphatic heterocycles. The lowest BCUT2D eigenvalue weighted by Gasteiger charge is -2.17. The van der Waals surface area contributed by atoms with E-state index in [1.807, 2.05) is 0 Å². The number of H-pyrrole nitrogens is 1. The molecule has 0 unspecified atom stereocenters. The first-order valence-corrected chi connectivity index (χ1v) is 6.29. The predicted octanol–water partition coefficient (Wildman–Crippen LogP) is 1.47. The van der Waals surface area contributed by atoms with Gasteiger partial charge in [0.2, 0.25) is 0 Å². The second-order valence-corrected chi connectivity index (χ2v) is 4.96. The molecule has 1 aromatic rings. The van der Waals surface area contributed by atoms with E-state index in [0.717, 1.165) is 0 Å². The van der Waals surface area contributed by atoms with Crippen LogP contribution in [0.3, 0.4) is 0 Å². The molecule has 1 rings (SSSR count). The number of aromatic nitrogens is 1. The van der Waals surface area contributed by atoms with Crippen LogP contribution in [0.15, 0.2) is 0 Å². The highest BCUT2D eigenvalue weighted by molar-refractivity contribution is 6.01. The van der Waals surface area contributed by atoms with E-state index in [-0.39, 0.29) is 17.4 Å². The summed E-state index contributed by atoms with van der Waals surface area (Å²) in [7, 11) is 3.18. The number of ether oxygens (including phenoxy) is 1. The number of esters is 1. The normalized spacial score (nSPS) is 11.9. The van der Waals surface area contributed by atoms with E-state index in [1.54, 1.807) is 27.9 Å². The van der Waals surface area contributed by atoms with Gasteiger partial charge in [-0.05, 0) is 33.3 Å². The first-order valence-electron chi connectivity index (χ1n) is 6.29. The van der Waals surface area contributed by atoms with Gasteiger partial charge >= 0.3 is 5.97 Å². The molecule has 1 atom stereocenters. The Labute approximate surface area is 118 Å². The van der Waals surface area contributed by atoms with Gasteiger partial charge in [-0.1, -0.05) is 0 Å². The summed E-state index contributed by atoms with van der Waals surface area (Å²) in [5, 5.41) is 0. The predicted molar refractivity (Wildman–Crippen MR) is 73.8 cm³/mol. The average molecular weight is 280 g/mol. The van der Waals surface area contributed by atoms with E-state index < -0.39 is 12.1 Å². The maximum atomic E-state index is 12.1. The molecule has 1 heterocycles. The fraction of sp³-hybridized carbons (Fsp3) is 0.500. The van der Waals surface area contributed by atoms with Crippen LogP contribution in [0.4, 0.5) is 0 Å². The van der Waals surface area contributed by atoms with Gasteiger partial charge in [0.1, 0.15) is 5.69 Å². The number of amides is 1. The van der Waals surface area contributed by atoms with E-state index >= 15 is 0 Å². The number of carbonyl (C=O) groups is 3. The van der Waals surface area contributed by atoms with Crippen LogP contribution in [0.5, 0.6) is 0 Å². The minimum atomic E-state index is -0.874. The molecule has 0 aliphatic rings. The Hall–Kier alpha value is -2.11. The number of nitrogens with one attached hydrogen (secondary N) is 1. The zero-order chi connectivity index (χ0) is 15.6. The molecule has 1 aromatic heterocycles. The second kappa shape index (κ2) is 5.90. The molecular formula is C14H20N2O4. The van der Waals surface area contributed by atoms with Crippen LogP contribution < -0.4 is 0 Å². The van der Waals surface area contributed by atoms with Crippen molar-refractivity contribution in [2.45, 2.75) is 33.8 Å². The lowest BCUT2D eigenvalue weighted by Crippen LogP contribution is -2.35. The van der Waals surface area contributed by atoms with Crippen molar-refractivity contribution in [2.24, 2.45) is 0 Å². The number of aryl methyl sites for hydroxylation is 1. The van der Waals surface area contributed by atoms with Gasteiger partial charge < -0.3 is 14.6 Å². The summed E-state index contributed by atoms with van der Waals surface area (Å²) in [4.78, 5) is 39.4. The summed E-state index contributed by atoms with van der Waals surface area (Å²) >= 11 is 0. The van der Waals surface area contributed by atoms with E-state index in [1.165, 1.54) is 18.7 Å². The van der Waals surface area contributed by atoms with Crippen molar-refractivity contribution in [1.29, 1.82) is 0 Å². The molecule has 1 amide bonds. The maximum absolute atomic E-state index is 12.1. The number of aromatic amines is 1. The lowest BCUT2D eigenvalue weighted by atomic mass is 10.1. The first-order chi connectivity index (χ1) is 9.16. The Morgan fingerprint density at radius 1 is 1.20 bits per heavy atom. The fourth-order valence-electron chi connectivity index (χ4n) is 2.12. The third-order valence-corrected chi connectivity index (χ3v) is 3.07. The first kappa shape index (κ1) is 15.9. The number of hydrogen-bond donors (Lipinski definition) is 1. The third kappa shape index (κ3) is 3.07. The van der Waals surface area contributed by atoms with Crippen molar-refractivity contribution in [1.82, 2.24) is 9.88 Å². The highest BCUT2D eigenvalue weighted by Gasteiger charge is 2.25. The van der Waals surface area contributed by atoms with Crippen molar-refractivity contribution in [2.75, 3.05) is 14.1 Å². The number of hydrogen-bond acceptors (Lipinski definition) is 4. The van der Waals surface area contributed by atoms with Crippen LogP contribution in [0.25, 0.3) is 0 Å². The summed E-state index contributed by atoms with van der Waals surface area (Å²) in [5.74, 6) is -1.06. The van der Waals surface area contributed by atoms with Gasteiger partial charge in [0, 0.05) is 25.4 Å². The minimum absolute atomic E-state index is 0.118. The van der Waals surface area contributed by atoms with E-state index in [0.29, 0.717) is 16.8 Å². The zero-order valence-corrected chi connectivity index (χ0v) is 12.7. The van der Waals surface area contributed by atoms with E-state index in [2.05, 4.69) is 4.98 Å². The number of likely N-dealkylation sites (N-methyl/N-ethyl adjacent to an activating group) is 1. The molecule has 0 aliphatic carbocycles. The molecule has 0 aromatic carbocycles. The zero-order valence-electron chi connectivity index (χ0n) is 12.7. The van der Waals surface area contributed by atoms with Crippen molar-refractivity contribution in [3.05, 3.63) is 22.5 Å². The van der Waals surface area contributed by atoms with Crippen LogP contribution in [-0.2, 0) is 9.53 Å². The van der Waals surface area contributed by atoms with Crippen LogP contribution in [-0.4, -0.2) is 47.7 Å². The molecule has 1 N–H and O–H groups in total. The van der Waals surface area contributed by atoms with Gasteiger partial charge in [-0.25, -0.2) is 4.79 Å². The molecule has 0 fully saturated rings. The molecule has 20 heavy (non-hydrogen) atoms. The molecule has 0 saturated carbocycles. The Bertz CT molecular complexity index is 558. The van der Waals surface area contributed by atoms with Crippen molar-refractivity contribution >= 4 is 17.7 Å². The van der Waals surface area contributed by atoms with Gasteiger partial charge in [-0.2, -0.15) is 0 Å². The number of carbonyl (C=O) groups excluding carboxylic acids is 3. The average Bonchev–Trinajstić information content (AvgIpc) is 2.63. The Kier molecular flexibility index (Phi) is 4.70. The Morgan fingerprint density at radius 2 is 1.75 bits per heavy atom. The van der Waals surface area contributed by atoms with Crippen molar-refractivity contribution < 1.29 is 19.1 Å². The van der Waals surface area contributed by atoms with Crippen LogP contribution in [0.2, 0.25) is 0 Å². The van der Waals surface area contributed by atoms with Crippen LogP contribution in [0.1, 0.15) is 46.0 Å². The summed E-state index contributed by atoms with van der Waals surface area (Å²) in [6.45, 7) is 6.35. The van der Waals surface area contributed by atoms with Crippen molar-refractivity contribution in [3.63, 3.8) is 0 Å². The van der Waals surface area contributed by atoms with Crippen LogP contribution in [0, 0.1) is 13.8 Å². The number of rotatable bonds is 4. The van der Waals surface area contributed by atoms with Crippen LogP contribution >= 0.6 is 0 Å². The highest BCUT2D eigenvalue weighted by atomic mass is 16.5. The fourth-order valence-corrected chi connectivity index (χ4v) is 2.12. The van der Waals surface area contributed by atoms with Gasteiger partial charge in [-0.3, -0.25) is 9.59 Å². The molecule has 0 radical (unpaired) electrons.